The monoisotopic (exact) mass is 254 g/mol. The molecule has 0 radical (unpaired) electrons. The highest BCUT2D eigenvalue weighted by atomic mass is 16.6. The number of aliphatic hydroxyl groups excluding tert-OH is 1. The summed E-state index contributed by atoms with van der Waals surface area (Å²) in [5.74, 6) is -0.531. The molecule has 0 saturated carbocycles. The maximum Gasteiger partial charge on any atom is 0.277 e. The molecule has 18 heavy (non-hydrogen) atoms. The van der Waals surface area contributed by atoms with E-state index in [2.05, 4.69) is 0 Å². The average molecular weight is 254 g/mol. The first kappa shape index (κ1) is 13.9. The number of nitrogens with zero attached hydrogens (tertiary/aromatic N) is 1. The first-order chi connectivity index (χ1) is 8.51. The van der Waals surface area contributed by atoms with E-state index in [-0.39, 0.29) is 30.0 Å². The highest BCUT2D eigenvalue weighted by Gasteiger charge is 2.21. The maximum atomic E-state index is 11.1. The van der Waals surface area contributed by atoms with Crippen LogP contribution >= 0.6 is 0 Å². The van der Waals surface area contributed by atoms with Gasteiger partial charge in [-0.25, -0.2) is 0 Å². The summed E-state index contributed by atoms with van der Waals surface area (Å²) in [4.78, 5) is 21.4. The van der Waals surface area contributed by atoms with Gasteiger partial charge in [-0.1, -0.05) is 0 Å². The van der Waals surface area contributed by atoms with Gasteiger partial charge in [0.25, 0.3) is 5.69 Å². The summed E-state index contributed by atoms with van der Waals surface area (Å²) in [6.45, 7) is -0.0854. The van der Waals surface area contributed by atoms with Crippen LogP contribution in [0.4, 0.5) is 5.69 Å². The first-order valence-corrected chi connectivity index (χ1v) is 5.27. The Bertz CT molecular complexity index is 473. The smallest absolute Gasteiger partial charge is 0.277 e. The second-order valence-electron chi connectivity index (χ2n) is 3.62. The van der Waals surface area contributed by atoms with Gasteiger partial charge < -0.3 is 15.6 Å². The number of hydrogen-bond donors (Lipinski definition) is 2. The fraction of sp³-hybridized carbons (Fsp3) is 0.364. The van der Waals surface area contributed by atoms with Crippen LogP contribution in [0.5, 0.6) is 5.75 Å². The van der Waals surface area contributed by atoms with Gasteiger partial charge in [0, 0.05) is 18.2 Å². The minimum atomic E-state index is -0.759. The highest BCUT2D eigenvalue weighted by Crippen LogP contribution is 2.31. The van der Waals surface area contributed by atoms with Crippen molar-refractivity contribution >= 4 is 11.6 Å². The molecule has 0 aliphatic carbocycles. The lowest BCUT2D eigenvalue weighted by atomic mass is 10.0. The van der Waals surface area contributed by atoms with Gasteiger partial charge in [0.15, 0.2) is 0 Å². The molecule has 0 heterocycles. The molecule has 3 N–H and O–H groups in total. The molecule has 1 aromatic rings. The molecule has 0 spiro atoms. The molecular formula is C11H14N2O5. The van der Waals surface area contributed by atoms with Gasteiger partial charge in [0.1, 0.15) is 5.75 Å². The van der Waals surface area contributed by atoms with E-state index in [0.717, 1.165) is 6.07 Å². The molecule has 0 fully saturated rings. The van der Waals surface area contributed by atoms with Gasteiger partial charge in [-0.05, 0) is 18.9 Å². The lowest BCUT2D eigenvalue weighted by Crippen LogP contribution is -2.12. The van der Waals surface area contributed by atoms with Crippen molar-refractivity contribution in [1.82, 2.24) is 0 Å². The second kappa shape index (κ2) is 5.97. The van der Waals surface area contributed by atoms with Gasteiger partial charge in [0.2, 0.25) is 5.91 Å². The summed E-state index contributed by atoms with van der Waals surface area (Å²) in [5, 5.41) is 19.7. The lowest BCUT2D eigenvalue weighted by Gasteiger charge is -2.10. The van der Waals surface area contributed by atoms with Crippen molar-refractivity contribution in [3.8, 4) is 5.75 Å². The van der Waals surface area contributed by atoms with Crippen molar-refractivity contribution in [2.45, 2.75) is 12.8 Å². The third-order valence-corrected chi connectivity index (χ3v) is 2.47. The number of hydrogen-bond acceptors (Lipinski definition) is 5. The zero-order valence-corrected chi connectivity index (χ0v) is 9.88. The molecular weight excluding hydrogens is 240 g/mol. The molecule has 0 atom stereocenters. The fourth-order valence-electron chi connectivity index (χ4n) is 1.63. The molecule has 1 amide bonds. The Labute approximate surface area is 103 Å². The van der Waals surface area contributed by atoms with Crippen LogP contribution in [0, 0.1) is 10.1 Å². The highest BCUT2D eigenvalue weighted by molar-refractivity contribution is 5.94. The molecule has 0 unspecified atom stereocenters. The Morgan fingerprint density at radius 3 is 2.67 bits per heavy atom. The van der Waals surface area contributed by atoms with Crippen LogP contribution in [0.1, 0.15) is 22.3 Å². The number of ether oxygens (including phenoxy) is 1. The van der Waals surface area contributed by atoms with Gasteiger partial charge in [-0.15, -0.1) is 0 Å². The van der Waals surface area contributed by atoms with Gasteiger partial charge in [-0.2, -0.15) is 0 Å². The van der Waals surface area contributed by atoms with Crippen molar-refractivity contribution in [3.63, 3.8) is 0 Å². The van der Waals surface area contributed by atoms with Crippen LogP contribution in [0.15, 0.2) is 12.1 Å². The fourth-order valence-corrected chi connectivity index (χ4v) is 1.63. The van der Waals surface area contributed by atoms with Crippen LogP contribution in [-0.2, 0) is 6.42 Å². The Hall–Kier alpha value is -2.15. The molecule has 0 aliphatic rings. The first-order valence-electron chi connectivity index (χ1n) is 5.27. The Balaban J connectivity index is 3.36. The number of carbonyl (C=O) groups is 1. The maximum absolute atomic E-state index is 11.1. The number of aliphatic hydroxyl groups is 1. The third-order valence-electron chi connectivity index (χ3n) is 2.47. The minimum absolute atomic E-state index is 0.0197. The predicted octanol–water partition coefficient (Wildman–Crippen LogP) is 0.627. The number of nitro benzene ring substituents is 1. The zero-order chi connectivity index (χ0) is 13.7. The molecule has 1 rings (SSSR count). The number of rotatable bonds is 6. The van der Waals surface area contributed by atoms with E-state index in [4.69, 9.17) is 15.6 Å². The minimum Gasteiger partial charge on any atom is -0.496 e. The molecule has 1 aromatic carbocycles. The molecule has 7 heteroatoms. The third kappa shape index (κ3) is 2.95. The van der Waals surface area contributed by atoms with Crippen molar-refractivity contribution < 1.29 is 19.6 Å². The van der Waals surface area contributed by atoms with Gasteiger partial charge in [-0.3, -0.25) is 14.9 Å². The number of carbonyl (C=O) groups excluding carboxylic acids is 1. The quantitative estimate of drug-likeness (QED) is 0.570. The molecule has 0 aliphatic heterocycles. The summed E-state index contributed by atoms with van der Waals surface area (Å²) < 4.78 is 5.03. The van der Waals surface area contributed by atoms with Crippen molar-refractivity contribution in [1.29, 1.82) is 0 Å². The molecule has 0 aromatic heterocycles. The molecule has 0 bridgehead atoms. The Kier molecular flexibility index (Phi) is 4.61. The second-order valence-corrected chi connectivity index (χ2v) is 3.62. The molecule has 0 saturated heterocycles. The summed E-state index contributed by atoms with van der Waals surface area (Å²) >= 11 is 0. The number of nitrogens with two attached hydrogens (primary N) is 1. The van der Waals surface area contributed by atoms with E-state index in [1.807, 2.05) is 0 Å². The summed E-state index contributed by atoms with van der Waals surface area (Å²) in [6, 6.07) is 2.49. The standard InChI is InChI=1S/C11H14N2O5/c1-18-10-6-7(11(12)15)5-9(13(16)17)8(10)3-2-4-14/h5-6,14H,2-4H2,1H3,(H2,12,15). The van der Waals surface area contributed by atoms with Crippen LogP contribution in [0.3, 0.4) is 0 Å². The summed E-state index contributed by atoms with van der Waals surface area (Å²) in [6.07, 6.45) is 0.655. The number of methoxy groups -OCH3 is 1. The van der Waals surface area contributed by atoms with E-state index < -0.39 is 10.8 Å². The molecule has 7 nitrogen and oxygen atoms in total. The van der Waals surface area contributed by atoms with E-state index in [1.54, 1.807) is 0 Å². The average Bonchev–Trinajstić information content (AvgIpc) is 2.34. The van der Waals surface area contributed by atoms with Crippen molar-refractivity contribution in [3.05, 3.63) is 33.4 Å². The van der Waals surface area contributed by atoms with E-state index in [0.29, 0.717) is 12.0 Å². The Morgan fingerprint density at radius 1 is 1.56 bits per heavy atom. The van der Waals surface area contributed by atoms with Crippen LogP contribution in [0.2, 0.25) is 0 Å². The van der Waals surface area contributed by atoms with E-state index in [9.17, 15) is 14.9 Å². The number of benzene rings is 1. The summed E-state index contributed by atoms with van der Waals surface area (Å²) in [7, 11) is 1.35. The van der Waals surface area contributed by atoms with Crippen molar-refractivity contribution in [2.24, 2.45) is 5.73 Å². The van der Waals surface area contributed by atoms with Crippen LogP contribution in [-0.4, -0.2) is 29.7 Å². The van der Waals surface area contributed by atoms with Gasteiger partial charge in [0.05, 0.1) is 17.6 Å². The number of primary amides is 1. The van der Waals surface area contributed by atoms with E-state index in [1.165, 1.54) is 13.2 Å². The van der Waals surface area contributed by atoms with Crippen LogP contribution in [0.25, 0.3) is 0 Å². The summed E-state index contributed by atoms with van der Waals surface area (Å²) in [5.41, 5.74) is 5.24. The largest absolute Gasteiger partial charge is 0.496 e. The van der Waals surface area contributed by atoms with Crippen molar-refractivity contribution in [2.75, 3.05) is 13.7 Å². The lowest BCUT2D eigenvalue weighted by molar-refractivity contribution is -0.385. The number of amides is 1. The molecule has 98 valence electrons. The Morgan fingerprint density at radius 2 is 2.22 bits per heavy atom. The SMILES string of the molecule is COc1cc(C(N)=O)cc([N+](=O)[O-])c1CCCO. The predicted molar refractivity (Wildman–Crippen MR) is 63.6 cm³/mol. The zero-order valence-electron chi connectivity index (χ0n) is 9.88. The van der Waals surface area contributed by atoms with Crippen LogP contribution < -0.4 is 10.5 Å². The number of nitro groups is 1. The van der Waals surface area contributed by atoms with E-state index >= 15 is 0 Å². The normalized spacial score (nSPS) is 10.1. The topological polar surface area (TPSA) is 116 Å². The van der Waals surface area contributed by atoms with Gasteiger partial charge >= 0.3 is 0 Å².